The summed E-state index contributed by atoms with van der Waals surface area (Å²) >= 11 is 0. The molecule has 1 aromatic carbocycles. The van der Waals surface area contributed by atoms with E-state index in [2.05, 4.69) is 10.6 Å². The van der Waals surface area contributed by atoms with E-state index in [9.17, 15) is 4.79 Å². The summed E-state index contributed by atoms with van der Waals surface area (Å²) in [5.74, 6) is 1.61. The minimum Gasteiger partial charge on any atom is -0.486 e. The largest absolute Gasteiger partial charge is 0.486 e. The Kier molecular flexibility index (Phi) is 6.34. The quantitative estimate of drug-likeness (QED) is 0.867. The summed E-state index contributed by atoms with van der Waals surface area (Å²) < 4.78 is 11.4. The fourth-order valence-corrected chi connectivity index (χ4v) is 2.79. The molecule has 1 amide bonds. The standard InChI is InChI=1S/C16H22N2O3.ClH/c19-16(8-7-12-4-3-9-17-12)18-10-13-11-20-14-5-1-2-6-15(14)21-13;/h1-2,5-6,12-13,17H,3-4,7-11H2,(H,18,19);1H. The zero-order valence-corrected chi connectivity index (χ0v) is 13.4. The zero-order valence-electron chi connectivity index (χ0n) is 12.5. The van der Waals surface area contributed by atoms with E-state index in [1.54, 1.807) is 0 Å². The Morgan fingerprint density at radius 3 is 2.91 bits per heavy atom. The van der Waals surface area contributed by atoms with Crippen LogP contribution in [0.25, 0.3) is 0 Å². The molecule has 0 bridgehead atoms. The molecule has 2 aliphatic rings. The number of halogens is 1. The van der Waals surface area contributed by atoms with Crippen LogP contribution in [0.4, 0.5) is 0 Å². The Bertz CT molecular complexity index is 492. The maximum absolute atomic E-state index is 11.9. The van der Waals surface area contributed by atoms with Gasteiger partial charge in [0, 0.05) is 12.5 Å². The predicted octanol–water partition coefficient (Wildman–Crippen LogP) is 1.90. The Morgan fingerprint density at radius 2 is 2.14 bits per heavy atom. The topological polar surface area (TPSA) is 59.6 Å². The van der Waals surface area contributed by atoms with Crippen molar-refractivity contribution in [1.82, 2.24) is 10.6 Å². The van der Waals surface area contributed by atoms with Crippen LogP contribution in [-0.2, 0) is 4.79 Å². The lowest BCUT2D eigenvalue weighted by molar-refractivity contribution is -0.121. The van der Waals surface area contributed by atoms with Crippen molar-refractivity contribution < 1.29 is 14.3 Å². The number of nitrogens with one attached hydrogen (secondary N) is 2. The van der Waals surface area contributed by atoms with Crippen LogP contribution in [0.5, 0.6) is 11.5 Å². The van der Waals surface area contributed by atoms with Gasteiger partial charge in [-0.25, -0.2) is 0 Å². The van der Waals surface area contributed by atoms with Crippen molar-refractivity contribution in [2.24, 2.45) is 0 Å². The molecule has 0 aromatic heterocycles. The molecule has 122 valence electrons. The van der Waals surface area contributed by atoms with Crippen molar-refractivity contribution >= 4 is 18.3 Å². The van der Waals surface area contributed by atoms with Crippen molar-refractivity contribution in [2.45, 2.75) is 37.8 Å². The number of ether oxygens (including phenoxy) is 2. The van der Waals surface area contributed by atoms with E-state index < -0.39 is 0 Å². The summed E-state index contributed by atoms with van der Waals surface area (Å²) in [6.45, 7) is 2.05. The Balaban J connectivity index is 0.00000176. The second-order valence-electron chi connectivity index (χ2n) is 5.63. The fourth-order valence-electron chi connectivity index (χ4n) is 2.79. The van der Waals surface area contributed by atoms with Crippen molar-refractivity contribution in [3.05, 3.63) is 24.3 Å². The van der Waals surface area contributed by atoms with Gasteiger partial charge in [0.05, 0.1) is 6.54 Å². The van der Waals surface area contributed by atoms with Crippen molar-refractivity contribution in [3.63, 3.8) is 0 Å². The molecule has 1 saturated heterocycles. The van der Waals surface area contributed by atoms with E-state index in [-0.39, 0.29) is 24.4 Å². The van der Waals surface area contributed by atoms with Gasteiger partial charge in [0.1, 0.15) is 12.7 Å². The second-order valence-corrected chi connectivity index (χ2v) is 5.63. The molecular weight excluding hydrogens is 304 g/mol. The number of carbonyl (C=O) groups excluding carboxylic acids is 1. The van der Waals surface area contributed by atoms with E-state index in [0.29, 0.717) is 25.6 Å². The first kappa shape index (κ1) is 16.9. The monoisotopic (exact) mass is 326 g/mol. The lowest BCUT2D eigenvalue weighted by atomic mass is 10.1. The summed E-state index contributed by atoms with van der Waals surface area (Å²) in [7, 11) is 0. The summed E-state index contributed by atoms with van der Waals surface area (Å²) in [5, 5.41) is 6.34. The molecule has 0 saturated carbocycles. The number of amides is 1. The van der Waals surface area contributed by atoms with Crippen LogP contribution in [0, 0.1) is 0 Å². The van der Waals surface area contributed by atoms with Gasteiger partial charge in [0.2, 0.25) is 5.91 Å². The van der Waals surface area contributed by atoms with Gasteiger partial charge in [-0.05, 0) is 37.9 Å². The molecular formula is C16H23ClN2O3. The molecule has 2 heterocycles. The van der Waals surface area contributed by atoms with Crippen molar-refractivity contribution in [2.75, 3.05) is 19.7 Å². The summed E-state index contributed by atoms with van der Waals surface area (Å²) in [6.07, 6.45) is 3.77. The van der Waals surface area contributed by atoms with Crippen LogP contribution in [-0.4, -0.2) is 37.7 Å². The molecule has 3 rings (SSSR count). The third-order valence-corrected chi connectivity index (χ3v) is 3.98. The van der Waals surface area contributed by atoms with Crippen LogP contribution < -0.4 is 20.1 Å². The molecule has 0 aliphatic carbocycles. The van der Waals surface area contributed by atoms with Crippen LogP contribution in [0.2, 0.25) is 0 Å². The maximum atomic E-state index is 11.9. The minimum absolute atomic E-state index is 0. The normalized spacial score (nSPS) is 22.7. The summed E-state index contributed by atoms with van der Waals surface area (Å²) in [5.41, 5.74) is 0. The van der Waals surface area contributed by atoms with Crippen LogP contribution in [0.15, 0.2) is 24.3 Å². The highest BCUT2D eigenvalue weighted by Crippen LogP contribution is 2.30. The zero-order chi connectivity index (χ0) is 14.5. The highest BCUT2D eigenvalue weighted by molar-refractivity contribution is 5.85. The van der Waals surface area contributed by atoms with E-state index >= 15 is 0 Å². The fraction of sp³-hybridized carbons (Fsp3) is 0.562. The lowest BCUT2D eigenvalue weighted by Gasteiger charge is -2.26. The van der Waals surface area contributed by atoms with Gasteiger partial charge in [-0.1, -0.05) is 12.1 Å². The maximum Gasteiger partial charge on any atom is 0.220 e. The number of para-hydroxylation sites is 2. The molecule has 1 aromatic rings. The SMILES string of the molecule is Cl.O=C(CCC1CCCN1)NCC1COc2ccccc2O1. The van der Waals surface area contributed by atoms with Gasteiger partial charge in [-0.15, -0.1) is 12.4 Å². The highest BCUT2D eigenvalue weighted by atomic mass is 35.5. The number of fused-ring (bicyclic) bond motifs is 1. The number of hydrogen-bond acceptors (Lipinski definition) is 4. The molecule has 6 heteroatoms. The summed E-state index contributed by atoms with van der Waals surface area (Å²) in [4.78, 5) is 11.9. The molecule has 2 atom stereocenters. The van der Waals surface area contributed by atoms with E-state index in [1.165, 1.54) is 12.8 Å². The van der Waals surface area contributed by atoms with Crippen LogP contribution >= 0.6 is 12.4 Å². The molecule has 22 heavy (non-hydrogen) atoms. The smallest absolute Gasteiger partial charge is 0.220 e. The Morgan fingerprint density at radius 1 is 1.32 bits per heavy atom. The van der Waals surface area contributed by atoms with E-state index in [1.807, 2.05) is 24.3 Å². The van der Waals surface area contributed by atoms with Crippen LogP contribution in [0.1, 0.15) is 25.7 Å². The van der Waals surface area contributed by atoms with E-state index in [4.69, 9.17) is 9.47 Å². The van der Waals surface area contributed by atoms with Gasteiger partial charge >= 0.3 is 0 Å². The van der Waals surface area contributed by atoms with Gasteiger partial charge in [-0.2, -0.15) is 0 Å². The highest BCUT2D eigenvalue weighted by Gasteiger charge is 2.21. The molecule has 2 unspecified atom stereocenters. The van der Waals surface area contributed by atoms with Crippen LogP contribution in [0.3, 0.4) is 0 Å². The van der Waals surface area contributed by atoms with Crippen molar-refractivity contribution in [3.8, 4) is 11.5 Å². The third-order valence-electron chi connectivity index (χ3n) is 3.98. The van der Waals surface area contributed by atoms with Gasteiger partial charge in [0.15, 0.2) is 11.5 Å². The molecule has 5 nitrogen and oxygen atoms in total. The van der Waals surface area contributed by atoms with E-state index in [0.717, 1.165) is 24.5 Å². The number of carbonyl (C=O) groups is 1. The molecule has 0 radical (unpaired) electrons. The van der Waals surface area contributed by atoms with Gasteiger partial charge in [0.25, 0.3) is 0 Å². The summed E-state index contributed by atoms with van der Waals surface area (Å²) in [6, 6.07) is 8.12. The number of benzene rings is 1. The lowest BCUT2D eigenvalue weighted by Crippen LogP contribution is -2.41. The molecule has 2 aliphatic heterocycles. The first-order valence-electron chi connectivity index (χ1n) is 7.70. The first-order valence-corrected chi connectivity index (χ1v) is 7.70. The first-order chi connectivity index (χ1) is 10.3. The number of hydrogen-bond donors (Lipinski definition) is 2. The average molecular weight is 327 g/mol. The molecule has 2 N–H and O–H groups in total. The second kappa shape index (κ2) is 8.25. The van der Waals surface area contributed by atoms with Crippen molar-refractivity contribution in [1.29, 1.82) is 0 Å². The van der Waals surface area contributed by atoms with Gasteiger partial charge in [-0.3, -0.25) is 4.79 Å². The predicted molar refractivity (Wildman–Crippen MR) is 86.9 cm³/mol. The van der Waals surface area contributed by atoms with Gasteiger partial charge < -0.3 is 20.1 Å². The minimum atomic E-state index is -0.117. The molecule has 0 spiro atoms. The third kappa shape index (κ3) is 4.52. The average Bonchev–Trinajstić information content (AvgIpc) is 3.04. The Labute approximate surface area is 137 Å². The molecule has 1 fully saturated rings. The number of rotatable bonds is 5. The Hall–Kier alpha value is -1.46.